The van der Waals surface area contributed by atoms with Gasteiger partial charge in [-0.15, -0.1) is 5.10 Å². The number of aliphatic carboxylic acids is 1. The van der Waals surface area contributed by atoms with E-state index in [-0.39, 0.29) is 11.4 Å². The second kappa shape index (κ2) is 4.84. The molecule has 0 fully saturated rings. The van der Waals surface area contributed by atoms with Crippen LogP contribution in [-0.4, -0.2) is 36.7 Å². The lowest BCUT2D eigenvalue weighted by molar-refractivity contribution is -0.130. The van der Waals surface area contributed by atoms with E-state index in [0.717, 1.165) is 0 Å². The molecule has 3 N–H and O–H groups in total. The molecule has 0 amide bonds. The summed E-state index contributed by atoms with van der Waals surface area (Å²) in [6, 6.07) is 5.24. The van der Waals surface area contributed by atoms with Gasteiger partial charge in [0.2, 0.25) is 0 Å². The van der Waals surface area contributed by atoms with Gasteiger partial charge in [-0.25, -0.2) is 14.9 Å². The first-order valence-electron chi connectivity index (χ1n) is 4.62. The Morgan fingerprint density at radius 3 is 2.94 bits per heavy atom. The second-order valence-corrected chi connectivity index (χ2v) is 2.97. The van der Waals surface area contributed by atoms with E-state index in [9.17, 15) is 4.79 Å². The number of rotatable bonds is 4. The summed E-state index contributed by atoms with van der Waals surface area (Å²) in [6.07, 6.45) is 2.86. The van der Waals surface area contributed by atoms with Crippen LogP contribution in [0.25, 0.3) is 5.57 Å². The van der Waals surface area contributed by atoms with Crippen molar-refractivity contribution >= 4 is 17.4 Å². The fourth-order valence-corrected chi connectivity index (χ4v) is 1.10. The molecule has 0 radical (unpaired) electrons. The van der Waals surface area contributed by atoms with Crippen LogP contribution in [0, 0.1) is 0 Å². The monoisotopic (exact) mass is 232 g/mol. The lowest BCUT2D eigenvalue weighted by Gasteiger charge is -2.00. The molecular weight excluding hydrogens is 224 g/mol. The number of carboxylic acid groups (broad SMARTS) is 1. The van der Waals surface area contributed by atoms with E-state index in [2.05, 4.69) is 30.9 Å². The number of nitrogens with zero attached hydrogens (tertiary/aromatic N) is 4. The molecule has 2 heterocycles. The van der Waals surface area contributed by atoms with Crippen LogP contribution in [0.4, 0.5) is 5.82 Å². The molecule has 8 heteroatoms. The normalized spacial score (nSPS) is 11.2. The average molecular weight is 232 g/mol. The molecule has 0 aliphatic heterocycles. The number of aromatic amines is 1. The Balaban J connectivity index is 2.21. The molecule has 2 rings (SSSR count). The maximum absolute atomic E-state index is 11.0. The number of aromatic nitrogens is 5. The van der Waals surface area contributed by atoms with Crippen LogP contribution in [0.15, 0.2) is 30.6 Å². The molecule has 0 unspecified atom stereocenters. The minimum absolute atomic E-state index is 0.0703. The van der Waals surface area contributed by atoms with E-state index in [1.54, 1.807) is 24.4 Å². The lowest BCUT2D eigenvalue weighted by atomic mass is 10.3. The quantitative estimate of drug-likeness (QED) is 0.641. The van der Waals surface area contributed by atoms with Crippen molar-refractivity contribution in [2.24, 2.45) is 0 Å². The van der Waals surface area contributed by atoms with E-state index in [0.29, 0.717) is 5.82 Å². The zero-order valence-electron chi connectivity index (χ0n) is 8.53. The molecule has 0 aliphatic rings. The van der Waals surface area contributed by atoms with Gasteiger partial charge in [0.25, 0.3) is 0 Å². The smallest absolute Gasteiger partial charge is 0.341 e. The van der Waals surface area contributed by atoms with Crippen molar-refractivity contribution in [2.75, 3.05) is 5.32 Å². The summed E-state index contributed by atoms with van der Waals surface area (Å²) in [5.74, 6) is -0.549. The summed E-state index contributed by atoms with van der Waals surface area (Å²) >= 11 is 0. The van der Waals surface area contributed by atoms with E-state index < -0.39 is 5.97 Å². The molecule has 0 bridgehead atoms. The van der Waals surface area contributed by atoms with Gasteiger partial charge < -0.3 is 10.4 Å². The standard InChI is InChI=1S/C9H8N6O2/c16-9(17)6(8-12-14-15-13-8)5-11-7-3-1-2-4-10-7/h1-5H,(H,10,11)(H,16,17)(H,12,13,14,15)/b6-5+. The van der Waals surface area contributed by atoms with Gasteiger partial charge in [0.05, 0.1) is 0 Å². The molecule has 0 saturated heterocycles. The van der Waals surface area contributed by atoms with Gasteiger partial charge in [0.15, 0.2) is 5.82 Å². The first-order chi connectivity index (χ1) is 8.27. The molecule has 86 valence electrons. The summed E-state index contributed by atoms with van der Waals surface area (Å²) in [5, 5.41) is 24.2. The van der Waals surface area contributed by atoms with Gasteiger partial charge >= 0.3 is 5.97 Å². The van der Waals surface area contributed by atoms with Crippen LogP contribution >= 0.6 is 0 Å². The van der Waals surface area contributed by atoms with E-state index in [1.165, 1.54) is 6.20 Å². The van der Waals surface area contributed by atoms with Crippen molar-refractivity contribution in [1.29, 1.82) is 0 Å². The number of hydrogen-bond donors (Lipinski definition) is 3. The third kappa shape index (κ3) is 2.62. The molecule has 2 aromatic heterocycles. The second-order valence-electron chi connectivity index (χ2n) is 2.97. The Hall–Kier alpha value is -2.77. The van der Waals surface area contributed by atoms with Gasteiger partial charge in [-0.3, -0.25) is 0 Å². The van der Waals surface area contributed by atoms with Crippen LogP contribution in [-0.2, 0) is 4.79 Å². The summed E-state index contributed by atoms with van der Waals surface area (Å²) in [6.45, 7) is 0. The molecule has 0 spiro atoms. The van der Waals surface area contributed by atoms with E-state index >= 15 is 0 Å². The summed E-state index contributed by atoms with van der Waals surface area (Å²) in [5.41, 5.74) is -0.0827. The van der Waals surface area contributed by atoms with Crippen molar-refractivity contribution in [3.05, 3.63) is 36.4 Å². The highest BCUT2D eigenvalue weighted by Crippen LogP contribution is 2.08. The number of anilines is 1. The van der Waals surface area contributed by atoms with Crippen molar-refractivity contribution < 1.29 is 9.90 Å². The average Bonchev–Trinajstić information content (AvgIpc) is 2.84. The third-order valence-electron chi connectivity index (χ3n) is 1.86. The zero-order valence-corrected chi connectivity index (χ0v) is 8.53. The minimum Gasteiger partial charge on any atom is -0.477 e. The van der Waals surface area contributed by atoms with Crippen LogP contribution in [0.2, 0.25) is 0 Å². The molecule has 0 saturated carbocycles. The van der Waals surface area contributed by atoms with Crippen LogP contribution in [0.5, 0.6) is 0 Å². The molecule has 0 aromatic carbocycles. The lowest BCUT2D eigenvalue weighted by Crippen LogP contribution is -2.04. The minimum atomic E-state index is -1.15. The van der Waals surface area contributed by atoms with Gasteiger partial charge in [0, 0.05) is 12.4 Å². The van der Waals surface area contributed by atoms with Crippen LogP contribution in [0.3, 0.4) is 0 Å². The fraction of sp³-hybridized carbons (Fsp3) is 0. The van der Waals surface area contributed by atoms with E-state index in [1.807, 2.05) is 0 Å². The predicted octanol–water partition coefficient (Wildman–Crippen LogP) is 0.132. The molecule has 8 nitrogen and oxygen atoms in total. The Labute approximate surface area is 95.4 Å². The highest BCUT2D eigenvalue weighted by molar-refractivity contribution is 6.14. The predicted molar refractivity (Wildman–Crippen MR) is 57.7 cm³/mol. The van der Waals surface area contributed by atoms with Crippen molar-refractivity contribution in [3.8, 4) is 0 Å². The summed E-state index contributed by atoms with van der Waals surface area (Å²) in [7, 11) is 0. The van der Waals surface area contributed by atoms with Crippen LogP contribution < -0.4 is 5.32 Å². The molecule has 0 aliphatic carbocycles. The first kappa shape index (κ1) is 10.7. The number of nitrogens with one attached hydrogen (secondary N) is 2. The maximum atomic E-state index is 11.0. The van der Waals surface area contributed by atoms with Gasteiger partial charge in [-0.05, 0) is 22.6 Å². The highest BCUT2D eigenvalue weighted by atomic mass is 16.4. The Morgan fingerprint density at radius 2 is 2.35 bits per heavy atom. The molecule has 17 heavy (non-hydrogen) atoms. The Bertz CT molecular complexity index is 522. The molecular formula is C9H8N6O2. The number of carbonyl (C=O) groups is 1. The third-order valence-corrected chi connectivity index (χ3v) is 1.86. The topological polar surface area (TPSA) is 117 Å². The number of hydrogen-bond acceptors (Lipinski definition) is 6. The number of tetrazole rings is 1. The molecule has 0 atom stereocenters. The Morgan fingerprint density at radius 1 is 1.47 bits per heavy atom. The van der Waals surface area contributed by atoms with Crippen molar-refractivity contribution in [1.82, 2.24) is 25.6 Å². The van der Waals surface area contributed by atoms with Gasteiger partial charge in [-0.2, -0.15) is 0 Å². The number of pyridine rings is 1. The maximum Gasteiger partial charge on any atom is 0.341 e. The SMILES string of the molecule is O=C(O)/C(=C/Nc1ccccn1)c1nnn[nH]1. The largest absolute Gasteiger partial charge is 0.477 e. The van der Waals surface area contributed by atoms with Crippen molar-refractivity contribution in [3.63, 3.8) is 0 Å². The number of carboxylic acids is 1. The van der Waals surface area contributed by atoms with Gasteiger partial charge in [-0.1, -0.05) is 6.07 Å². The van der Waals surface area contributed by atoms with E-state index in [4.69, 9.17) is 5.11 Å². The molecule has 2 aromatic rings. The van der Waals surface area contributed by atoms with Crippen molar-refractivity contribution in [2.45, 2.75) is 0 Å². The number of H-pyrrole nitrogens is 1. The fourth-order valence-electron chi connectivity index (χ4n) is 1.10. The highest BCUT2D eigenvalue weighted by Gasteiger charge is 2.13. The summed E-state index contributed by atoms with van der Waals surface area (Å²) in [4.78, 5) is 15.0. The van der Waals surface area contributed by atoms with Crippen LogP contribution in [0.1, 0.15) is 5.82 Å². The summed E-state index contributed by atoms with van der Waals surface area (Å²) < 4.78 is 0. The first-order valence-corrected chi connectivity index (χ1v) is 4.62. The Kier molecular flexibility index (Phi) is 3.05. The zero-order chi connectivity index (χ0) is 12.1. The van der Waals surface area contributed by atoms with Gasteiger partial charge in [0.1, 0.15) is 11.4 Å².